The predicted octanol–water partition coefficient (Wildman–Crippen LogP) is 5.36. The molecule has 1 aromatic heterocycles. The minimum Gasteiger partial charge on any atom is -0.322 e. The Morgan fingerprint density at radius 3 is 2.19 bits per heavy atom. The highest BCUT2D eigenvalue weighted by molar-refractivity contribution is 7.99. The van der Waals surface area contributed by atoms with Crippen molar-refractivity contribution in [3.8, 4) is 0 Å². The minimum absolute atomic E-state index is 0.108. The molecule has 0 aliphatic carbocycles. The Morgan fingerprint density at radius 2 is 1.59 bits per heavy atom. The first-order chi connectivity index (χ1) is 13.0. The van der Waals surface area contributed by atoms with E-state index in [0.717, 1.165) is 32.9 Å². The molecule has 3 aromatic rings. The van der Waals surface area contributed by atoms with Crippen molar-refractivity contribution < 1.29 is 4.79 Å². The van der Waals surface area contributed by atoms with Crippen molar-refractivity contribution in [3.63, 3.8) is 0 Å². The summed E-state index contributed by atoms with van der Waals surface area (Å²) in [6.45, 7) is 3.93. The molecule has 0 spiro atoms. The molecule has 27 heavy (non-hydrogen) atoms. The van der Waals surface area contributed by atoms with Crippen LogP contribution in [0.15, 0.2) is 64.6 Å². The van der Waals surface area contributed by atoms with E-state index in [-0.39, 0.29) is 5.91 Å². The van der Waals surface area contributed by atoms with Crippen LogP contribution >= 0.6 is 23.5 Å². The fraction of sp³-hybridized carbons (Fsp3) is 0.190. The van der Waals surface area contributed by atoms with Gasteiger partial charge in [-0.3, -0.25) is 4.79 Å². The standard InChI is InChI=1S/C21H21N3OS2/c1-14-12-15(2)23-21(22-14)27-19-10-8-18(9-11-19)24-20(25)17-6-4-16(5-7-17)13-26-3/h4-12H,13H2,1-3H3,(H,24,25). The number of benzene rings is 2. The average molecular weight is 396 g/mol. The van der Waals surface area contributed by atoms with Gasteiger partial charge in [0.05, 0.1) is 0 Å². The molecule has 0 fully saturated rings. The fourth-order valence-corrected chi connectivity index (χ4v) is 3.96. The zero-order chi connectivity index (χ0) is 19.2. The molecule has 4 nitrogen and oxygen atoms in total. The molecule has 0 unspecified atom stereocenters. The number of thioether (sulfide) groups is 1. The van der Waals surface area contributed by atoms with Gasteiger partial charge in [-0.1, -0.05) is 12.1 Å². The molecule has 0 atom stereocenters. The molecule has 1 heterocycles. The number of hydrogen-bond donors (Lipinski definition) is 1. The second kappa shape index (κ2) is 9.06. The van der Waals surface area contributed by atoms with E-state index in [1.807, 2.05) is 68.4 Å². The zero-order valence-corrected chi connectivity index (χ0v) is 17.2. The third kappa shape index (κ3) is 5.58. The zero-order valence-electron chi connectivity index (χ0n) is 15.5. The van der Waals surface area contributed by atoms with Crippen LogP contribution in [-0.4, -0.2) is 22.1 Å². The Labute approximate surface area is 168 Å². The average Bonchev–Trinajstić information content (AvgIpc) is 2.63. The molecule has 2 aromatic carbocycles. The van der Waals surface area contributed by atoms with Gasteiger partial charge in [-0.2, -0.15) is 11.8 Å². The largest absolute Gasteiger partial charge is 0.322 e. The molecule has 1 amide bonds. The van der Waals surface area contributed by atoms with Crippen molar-refractivity contribution in [2.75, 3.05) is 11.6 Å². The van der Waals surface area contributed by atoms with E-state index in [9.17, 15) is 4.79 Å². The van der Waals surface area contributed by atoms with E-state index in [4.69, 9.17) is 0 Å². The smallest absolute Gasteiger partial charge is 0.255 e. The molecule has 3 rings (SSSR count). The summed E-state index contributed by atoms with van der Waals surface area (Å²) in [6.07, 6.45) is 2.06. The Morgan fingerprint density at radius 1 is 0.963 bits per heavy atom. The van der Waals surface area contributed by atoms with Gasteiger partial charge in [0.25, 0.3) is 5.91 Å². The number of nitrogens with one attached hydrogen (secondary N) is 1. The van der Waals surface area contributed by atoms with Crippen LogP contribution in [0.3, 0.4) is 0 Å². The summed E-state index contributed by atoms with van der Waals surface area (Å²) < 4.78 is 0. The Balaban J connectivity index is 1.63. The van der Waals surface area contributed by atoms with E-state index >= 15 is 0 Å². The molecule has 0 saturated carbocycles. The van der Waals surface area contributed by atoms with Crippen LogP contribution in [-0.2, 0) is 5.75 Å². The lowest BCUT2D eigenvalue weighted by atomic mass is 10.1. The lowest BCUT2D eigenvalue weighted by Crippen LogP contribution is -2.11. The Hall–Kier alpha value is -2.31. The number of aryl methyl sites for hydroxylation is 2. The molecule has 138 valence electrons. The molecule has 6 heteroatoms. The third-order valence-corrected chi connectivity index (χ3v) is 5.31. The Kier molecular flexibility index (Phi) is 6.53. The first-order valence-corrected chi connectivity index (χ1v) is 10.7. The molecule has 0 aliphatic rings. The van der Waals surface area contributed by atoms with Gasteiger partial charge >= 0.3 is 0 Å². The summed E-state index contributed by atoms with van der Waals surface area (Å²) in [4.78, 5) is 22.3. The number of hydrogen-bond acceptors (Lipinski definition) is 5. The van der Waals surface area contributed by atoms with Crippen molar-refractivity contribution in [2.45, 2.75) is 29.7 Å². The van der Waals surface area contributed by atoms with E-state index < -0.39 is 0 Å². The molecule has 0 bridgehead atoms. The van der Waals surface area contributed by atoms with Gasteiger partial charge in [-0.15, -0.1) is 0 Å². The second-order valence-electron chi connectivity index (χ2n) is 6.14. The maximum absolute atomic E-state index is 12.4. The maximum Gasteiger partial charge on any atom is 0.255 e. The van der Waals surface area contributed by atoms with E-state index in [1.54, 1.807) is 11.8 Å². The number of rotatable bonds is 6. The normalized spacial score (nSPS) is 10.6. The summed E-state index contributed by atoms with van der Waals surface area (Å²) in [7, 11) is 0. The van der Waals surface area contributed by atoms with Crippen molar-refractivity contribution in [2.24, 2.45) is 0 Å². The maximum atomic E-state index is 12.4. The van der Waals surface area contributed by atoms with E-state index in [0.29, 0.717) is 5.56 Å². The van der Waals surface area contributed by atoms with Crippen molar-refractivity contribution in [1.82, 2.24) is 9.97 Å². The summed E-state index contributed by atoms with van der Waals surface area (Å²) in [5.41, 5.74) is 4.55. The number of aromatic nitrogens is 2. The van der Waals surface area contributed by atoms with Crippen LogP contribution in [0.5, 0.6) is 0 Å². The van der Waals surface area contributed by atoms with Gasteiger partial charge in [-0.25, -0.2) is 9.97 Å². The SMILES string of the molecule is CSCc1ccc(C(=O)Nc2ccc(Sc3nc(C)cc(C)n3)cc2)cc1. The van der Waals surface area contributed by atoms with Crippen LogP contribution in [0.4, 0.5) is 5.69 Å². The van der Waals surface area contributed by atoms with Crippen molar-refractivity contribution in [1.29, 1.82) is 0 Å². The predicted molar refractivity (Wildman–Crippen MR) is 114 cm³/mol. The van der Waals surface area contributed by atoms with Gasteiger partial charge in [0, 0.05) is 33.3 Å². The number of carbonyl (C=O) groups excluding carboxylic acids is 1. The molecule has 0 aliphatic heterocycles. The summed E-state index contributed by atoms with van der Waals surface area (Å²) in [6, 6.07) is 17.4. The van der Waals surface area contributed by atoms with Crippen LogP contribution < -0.4 is 5.32 Å². The van der Waals surface area contributed by atoms with Gasteiger partial charge in [-0.05, 0) is 79.9 Å². The van der Waals surface area contributed by atoms with Crippen molar-refractivity contribution >= 4 is 35.1 Å². The van der Waals surface area contributed by atoms with Crippen LogP contribution in [0.1, 0.15) is 27.3 Å². The first-order valence-electron chi connectivity index (χ1n) is 8.53. The van der Waals surface area contributed by atoms with Crippen molar-refractivity contribution in [3.05, 3.63) is 77.1 Å². The number of carbonyl (C=O) groups is 1. The molecular formula is C21H21N3OS2. The first kappa shape index (κ1) is 19.5. The number of amides is 1. The topological polar surface area (TPSA) is 54.9 Å². The van der Waals surface area contributed by atoms with E-state index in [1.165, 1.54) is 17.3 Å². The second-order valence-corrected chi connectivity index (χ2v) is 8.05. The quantitative estimate of drug-likeness (QED) is 0.570. The fourth-order valence-electron chi connectivity index (χ4n) is 2.57. The third-order valence-electron chi connectivity index (χ3n) is 3.81. The summed E-state index contributed by atoms with van der Waals surface area (Å²) in [5, 5.41) is 3.67. The van der Waals surface area contributed by atoms with Gasteiger partial charge in [0.1, 0.15) is 0 Å². The highest BCUT2D eigenvalue weighted by atomic mass is 32.2. The minimum atomic E-state index is -0.108. The van der Waals surface area contributed by atoms with Crippen LogP contribution in [0, 0.1) is 13.8 Å². The van der Waals surface area contributed by atoms with Crippen LogP contribution in [0.2, 0.25) is 0 Å². The summed E-state index contributed by atoms with van der Waals surface area (Å²) >= 11 is 3.27. The highest BCUT2D eigenvalue weighted by Crippen LogP contribution is 2.26. The van der Waals surface area contributed by atoms with Crippen LogP contribution in [0.25, 0.3) is 0 Å². The lowest BCUT2D eigenvalue weighted by Gasteiger charge is -2.07. The molecule has 0 saturated heterocycles. The molecule has 0 radical (unpaired) electrons. The van der Waals surface area contributed by atoms with Gasteiger partial charge in [0.15, 0.2) is 5.16 Å². The molecule has 1 N–H and O–H groups in total. The van der Waals surface area contributed by atoms with Gasteiger partial charge < -0.3 is 5.32 Å². The number of anilines is 1. The Bertz CT molecular complexity index is 905. The summed E-state index contributed by atoms with van der Waals surface area (Å²) in [5.74, 6) is 0.842. The van der Waals surface area contributed by atoms with E-state index in [2.05, 4.69) is 21.5 Å². The lowest BCUT2D eigenvalue weighted by molar-refractivity contribution is 0.102. The monoisotopic (exact) mass is 395 g/mol. The molecular weight excluding hydrogens is 374 g/mol. The number of nitrogens with zero attached hydrogens (tertiary/aromatic N) is 2. The highest BCUT2D eigenvalue weighted by Gasteiger charge is 2.07. The van der Waals surface area contributed by atoms with Gasteiger partial charge in [0.2, 0.25) is 0 Å².